The standard InChI is InChI=1S/C13H18N2O5S/c1-9(10(15-8-16)11(17)19-5)21-7-6-14-12(18)20-13(2,3)4/h6-7H,1-5H3,(H,14,18)/b7-6+,10-9-. The highest BCUT2D eigenvalue weighted by atomic mass is 32.2. The molecule has 0 saturated heterocycles. The number of alkyl carbamates (subject to hydrolysis) is 1. The summed E-state index contributed by atoms with van der Waals surface area (Å²) < 4.78 is 9.51. The number of carbonyl (C=O) groups is 2. The van der Waals surface area contributed by atoms with Gasteiger partial charge in [0.1, 0.15) is 5.60 Å². The Morgan fingerprint density at radius 1 is 1.33 bits per heavy atom. The third-order valence-corrected chi connectivity index (χ3v) is 2.60. The molecule has 21 heavy (non-hydrogen) atoms. The molecule has 0 aromatic heterocycles. The molecule has 0 aliphatic carbocycles. The summed E-state index contributed by atoms with van der Waals surface area (Å²) in [7, 11) is 1.18. The van der Waals surface area contributed by atoms with E-state index in [-0.39, 0.29) is 5.70 Å². The van der Waals surface area contributed by atoms with Gasteiger partial charge >= 0.3 is 12.1 Å². The van der Waals surface area contributed by atoms with E-state index in [0.717, 1.165) is 11.8 Å². The Morgan fingerprint density at radius 3 is 2.43 bits per heavy atom. The molecule has 8 heteroatoms. The van der Waals surface area contributed by atoms with E-state index in [0.29, 0.717) is 4.91 Å². The van der Waals surface area contributed by atoms with Crippen LogP contribution in [0.3, 0.4) is 0 Å². The molecule has 0 aromatic carbocycles. The number of allylic oxidation sites excluding steroid dienone is 1. The van der Waals surface area contributed by atoms with Gasteiger partial charge in [-0.2, -0.15) is 4.99 Å². The average Bonchev–Trinajstić information content (AvgIpc) is 2.37. The van der Waals surface area contributed by atoms with Gasteiger partial charge < -0.3 is 9.47 Å². The van der Waals surface area contributed by atoms with Gasteiger partial charge in [0.05, 0.1) is 7.11 Å². The highest BCUT2D eigenvalue weighted by Gasteiger charge is 2.15. The number of aliphatic imine (C=N–C) groups is 1. The first kappa shape index (κ1) is 18.9. The number of rotatable bonds is 5. The first-order valence-electron chi connectivity index (χ1n) is 5.89. The predicted molar refractivity (Wildman–Crippen MR) is 78.9 cm³/mol. The molecule has 0 aliphatic rings. The maximum absolute atomic E-state index is 11.4. The van der Waals surface area contributed by atoms with Crippen LogP contribution in [0, 0.1) is 0 Å². The van der Waals surface area contributed by atoms with E-state index in [2.05, 4.69) is 15.0 Å². The van der Waals surface area contributed by atoms with Crippen LogP contribution in [-0.4, -0.2) is 30.9 Å². The van der Waals surface area contributed by atoms with E-state index in [4.69, 9.17) is 4.74 Å². The average molecular weight is 314 g/mol. The fraction of sp³-hybridized carbons (Fsp3) is 0.462. The highest BCUT2D eigenvalue weighted by Crippen LogP contribution is 2.21. The molecule has 0 spiro atoms. The molecule has 0 bridgehead atoms. The molecule has 0 saturated carbocycles. The Morgan fingerprint density at radius 2 is 1.95 bits per heavy atom. The zero-order valence-corrected chi connectivity index (χ0v) is 13.4. The molecule has 0 atom stereocenters. The van der Waals surface area contributed by atoms with Gasteiger partial charge in [-0.3, -0.25) is 5.32 Å². The van der Waals surface area contributed by atoms with E-state index >= 15 is 0 Å². The number of ether oxygens (including phenoxy) is 2. The lowest BCUT2D eigenvalue weighted by molar-refractivity contribution is -0.136. The summed E-state index contributed by atoms with van der Waals surface area (Å²) in [6.45, 7) is 6.82. The summed E-state index contributed by atoms with van der Waals surface area (Å²) in [5.74, 6) is -0.739. The van der Waals surface area contributed by atoms with Crippen molar-refractivity contribution in [2.24, 2.45) is 4.99 Å². The molecule has 7 nitrogen and oxygen atoms in total. The van der Waals surface area contributed by atoms with Crippen molar-refractivity contribution in [3.63, 3.8) is 0 Å². The number of thioether (sulfide) groups is 1. The van der Waals surface area contributed by atoms with E-state index in [1.54, 1.807) is 27.7 Å². The number of amides is 1. The van der Waals surface area contributed by atoms with Crippen molar-refractivity contribution < 1.29 is 23.9 Å². The second kappa shape index (κ2) is 8.99. The Bertz CT molecular complexity index is 499. The maximum Gasteiger partial charge on any atom is 0.411 e. The molecule has 1 amide bonds. The predicted octanol–water partition coefficient (Wildman–Crippen LogP) is 2.46. The maximum atomic E-state index is 11.4. The number of nitrogens with zero attached hydrogens (tertiary/aromatic N) is 1. The number of esters is 1. The van der Waals surface area contributed by atoms with Crippen LogP contribution in [0.1, 0.15) is 27.7 Å². The Labute approximate surface area is 127 Å². The molecular formula is C13H18N2O5S. The van der Waals surface area contributed by atoms with Gasteiger partial charge in [0.15, 0.2) is 5.70 Å². The van der Waals surface area contributed by atoms with Crippen LogP contribution in [-0.2, 0) is 19.1 Å². The van der Waals surface area contributed by atoms with E-state index in [9.17, 15) is 14.4 Å². The lowest BCUT2D eigenvalue weighted by atomic mass is 10.2. The van der Waals surface area contributed by atoms with Crippen molar-refractivity contribution in [1.29, 1.82) is 0 Å². The minimum absolute atomic E-state index is 0.139. The second-order valence-corrected chi connectivity index (χ2v) is 5.79. The SMILES string of the molecule is COC(=O)/C(N=C=O)=C(\C)S/C=C/NC(=O)OC(C)(C)C. The normalized spacial score (nSPS) is 12.2. The number of isocyanates is 1. The van der Waals surface area contributed by atoms with Crippen molar-refractivity contribution in [3.05, 3.63) is 22.2 Å². The topological polar surface area (TPSA) is 94.1 Å². The van der Waals surface area contributed by atoms with Crippen molar-refractivity contribution in [3.8, 4) is 0 Å². The number of carbonyl (C=O) groups excluding carboxylic acids is 3. The zero-order chi connectivity index (χ0) is 16.5. The minimum atomic E-state index is -0.739. The van der Waals surface area contributed by atoms with Crippen molar-refractivity contribution >= 4 is 29.9 Å². The first-order chi connectivity index (χ1) is 9.71. The number of methoxy groups -OCH3 is 1. The second-order valence-electron chi connectivity index (χ2n) is 4.67. The molecule has 1 N–H and O–H groups in total. The Balaban J connectivity index is 4.61. The molecule has 0 heterocycles. The van der Waals surface area contributed by atoms with Crippen LogP contribution < -0.4 is 5.32 Å². The van der Waals surface area contributed by atoms with E-state index < -0.39 is 17.7 Å². The minimum Gasteiger partial charge on any atom is -0.464 e. The van der Waals surface area contributed by atoms with Crippen LogP contribution in [0.15, 0.2) is 27.2 Å². The van der Waals surface area contributed by atoms with Crippen molar-refractivity contribution in [2.75, 3.05) is 7.11 Å². The van der Waals surface area contributed by atoms with Gasteiger partial charge in [0.2, 0.25) is 6.08 Å². The van der Waals surface area contributed by atoms with Gasteiger partial charge in [0, 0.05) is 11.1 Å². The summed E-state index contributed by atoms with van der Waals surface area (Å²) in [5, 5.41) is 3.90. The fourth-order valence-corrected chi connectivity index (χ4v) is 1.59. The molecule has 0 radical (unpaired) electrons. The van der Waals surface area contributed by atoms with Crippen LogP contribution in [0.5, 0.6) is 0 Å². The number of hydrogen-bond acceptors (Lipinski definition) is 7. The van der Waals surface area contributed by atoms with Crippen molar-refractivity contribution in [1.82, 2.24) is 5.32 Å². The molecule has 116 valence electrons. The van der Waals surface area contributed by atoms with Crippen LogP contribution in [0.25, 0.3) is 0 Å². The van der Waals surface area contributed by atoms with Gasteiger partial charge in [0.25, 0.3) is 0 Å². The molecular weight excluding hydrogens is 296 g/mol. The van der Waals surface area contributed by atoms with Crippen LogP contribution >= 0.6 is 11.8 Å². The number of nitrogens with one attached hydrogen (secondary N) is 1. The zero-order valence-electron chi connectivity index (χ0n) is 12.6. The van der Waals surface area contributed by atoms with Gasteiger partial charge in [-0.15, -0.1) is 0 Å². The van der Waals surface area contributed by atoms with E-state index in [1.165, 1.54) is 24.8 Å². The van der Waals surface area contributed by atoms with Crippen LogP contribution in [0.4, 0.5) is 4.79 Å². The van der Waals surface area contributed by atoms with Crippen molar-refractivity contribution in [2.45, 2.75) is 33.3 Å². The molecule has 0 aromatic rings. The Kier molecular flexibility index (Phi) is 8.11. The first-order valence-corrected chi connectivity index (χ1v) is 6.77. The summed E-state index contributed by atoms with van der Waals surface area (Å²) in [6.07, 6.45) is 2.04. The summed E-state index contributed by atoms with van der Waals surface area (Å²) in [6, 6.07) is 0. The molecule has 0 aliphatic heterocycles. The van der Waals surface area contributed by atoms with Crippen LogP contribution in [0.2, 0.25) is 0 Å². The molecule has 0 fully saturated rings. The van der Waals surface area contributed by atoms with Gasteiger partial charge in [-0.05, 0) is 33.1 Å². The number of hydrogen-bond donors (Lipinski definition) is 1. The quantitative estimate of drug-likeness (QED) is 0.362. The third-order valence-electron chi connectivity index (χ3n) is 1.78. The van der Waals surface area contributed by atoms with Gasteiger partial charge in [-0.25, -0.2) is 14.4 Å². The van der Waals surface area contributed by atoms with E-state index in [1.807, 2.05) is 0 Å². The fourth-order valence-electron chi connectivity index (χ4n) is 1.01. The molecule has 0 unspecified atom stereocenters. The summed E-state index contributed by atoms with van der Waals surface area (Å²) in [5.41, 5.74) is -0.725. The third kappa shape index (κ3) is 8.67. The lowest BCUT2D eigenvalue weighted by Gasteiger charge is -2.18. The Hall–Kier alpha value is -2.05. The monoisotopic (exact) mass is 314 g/mol. The van der Waals surface area contributed by atoms with Gasteiger partial charge in [-0.1, -0.05) is 11.8 Å². The summed E-state index contributed by atoms with van der Waals surface area (Å²) >= 11 is 1.08. The highest BCUT2D eigenvalue weighted by molar-refractivity contribution is 8.05. The smallest absolute Gasteiger partial charge is 0.411 e. The molecule has 0 rings (SSSR count). The summed E-state index contributed by atoms with van der Waals surface area (Å²) in [4.78, 5) is 36.7. The largest absolute Gasteiger partial charge is 0.464 e. The lowest BCUT2D eigenvalue weighted by Crippen LogP contribution is -2.29.